The van der Waals surface area contributed by atoms with Gasteiger partial charge in [-0.2, -0.15) is 0 Å². The van der Waals surface area contributed by atoms with E-state index in [-0.39, 0.29) is 11.6 Å². The summed E-state index contributed by atoms with van der Waals surface area (Å²) in [7, 11) is 1.91. The Hall–Kier alpha value is -2.21. The minimum Gasteiger partial charge on any atom is -0.338 e. The minimum absolute atomic E-state index is 0.0201. The molecule has 0 radical (unpaired) electrons. The maximum atomic E-state index is 12.1. The fraction of sp³-hybridized carbons (Fsp3) is 0.400. The summed E-state index contributed by atoms with van der Waals surface area (Å²) >= 11 is 0. The number of benzene rings is 1. The molecule has 6 nitrogen and oxygen atoms in total. The topological polar surface area (TPSA) is 75.5 Å². The number of carbonyl (C=O) groups excluding carboxylic acids is 1. The van der Waals surface area contributed by atoms with Gasteiger partial charge in [-0.3, -0.25) is 14.9 Å². The summed E-state index contributed by atoms with van der Waals surface area (Å²) in [5, 5.41) is 13.8. The number of amides is 1. The van der Waals surface area contributed by atoms with Crippen LogP contribution in [0.4, 0.5) is 5.69 Å². The van der Waals surface area contributed by atoms with Crippen molar-refractivity contribution in [3.8, 4) is 0 Å². The number of non-ortho nitro benzene ring substituents is 1. The van der Waals surface area contributed by atoms with E-state index in [0.29, 0.717) is 6.04 Å². The normalized spacial score (nSPS) is 18.9. The van der Waals surface area contributed by atoms with Gasteiger partial charge in [0, 0.05) is 37.3 Å². The maximum Gasteiger partial charge on any atom is 0.269 e. The third kappa shape index (κ3) is 4.13. The largest absolute Gasteiger partial charge is 0.338 e. The maximum absolute atomic E-state index is 12.1. The number of nitro groups is 1. The van der Waals surface area contributed by atoms with Crippen molar-refractivity contribution in [1.29, 1.82) is 0 Å². The van der Waals surface area contributed by atoms with E-state index in [4.69, 9.17) is 0 Å². The zero-order chi connectivity index (χ0) is 15.2. The lowest BCUT2D eigenvalue weighted by molar-refractivity contribution is -0.384. The molecule has 1 amide bonds. The lowest BCUT2D eigenvalue weighted by Gasteiger charge is -2.31. The van der Waals surface area contributed by atoms with Crippen LogP contribution >= 0.6 is 0 Å². The molecule has 1 aromatic rings. The van der Waals surface area contributed by atoms with Crippen molar-refractivity contribution in [3.63, 3.8) is 0 Å². The van der Waals surface area contributed by atoms with Crippen molar-refractivity contribution in [2.75, 3.05) is 20.1 Å². The molecule has 1 aliphatic heterocycles. The summed E-state index contributed by atoms with van der Waals surface area (Å²) in [5.74, 6) is -0.0201. The predicted octanol–water partition coefficient (Wildman–Crippen LogP) is 1.82. The second kappa shape index (κ2) is 6.99. The van der Waals surface area contributed by atoms with Crippen LogP contribution in [-0.4, -0.2) is 41.9 Å². The van der Waals surface area contributed by atoms with E-state index in [9.17, 15) is 14.9 Å². The number of hydrogen-bond acceptors (Lipinski definition) is 4. The molecule has 112 valence electrons. The first-order chi connectivity index (χ1) is 10.1. The molecule has 0 spiro atoms. The molecular formula is C15H19N3O3. The monoisotopic (exact) mass is 289 g/mol. The third-order valence-corrected chi connectivity index (χ3v) is 3.66. The summed E-state index contributed by atoms with van der Waals surface area (Å²) in [6.07, 6.45) is 5.31. The molecule has 0 aliphatic carbocycles. The standard InChI is InChI=1S/C15H19N3O3/c1-16-13-3-2-10-17(11-13)15(19)9-6-12-4-7-14(8-5-12)18(20)21/h4-9,13,16H,2-3,10-11H2,1H3. The highest BCUT2D eigenvalue weighted by molar-refractivity contribution is 5.91. The predicted molar refractivity (Wildman–Crippen MR) is 80.8 cm³/mol. The Morgan fingerprint density at radius 3 is 2.76 bits per heavy atom. The third-order valence-electron chi connectivity index (χ3n) is 3.66. The van der Waals surface area contributed by atoms with Crippen molar-refractivity contribution < 1.29 is 9.72 Å². The molecular weight excluding hydrogens is 270 g/mol. The lowest BCUT2D eigenvalue weighted by Crippen LogP contribution is -2.46. The summed E-state index contributed by atoms with van der Waals surface area (Å²) in [6.45, 7) is 1.50. The SMILES string of the molecule is CNC1CCCN(C(=O)C=Cc2ccc([N+](=O)[O-])cc2)C1. The van der Waals surface area contributed by atoms with E-state index < -0.39 is 4.92 Å². The summed E-state index contributed by atoms with van der Waals surface area (Å²) < 4.78 is 0. The first-order valence-electron chi connectivity index (χ1n) is 6.99. The van der Waals surface area contributed by atoms with Crippen LogP contribution < -0.4 is 5.32 Å². The van der Waals surface area contributed by atoms with Crippen LogP contribution in [0.15, 0.2) is 30.3 Å². The van der Waals surface area contributed by atoms with E-state index >= 15 is 0 Å². The molecule has 1 aliphatic rings. The first kappa shape index (κ1) is 15.2. The number of rotatable bonds is 4. The molecule has 6 heteroatoms. The van der Waals surface area contributed by atoms with Crippen molar-refractivity contribution in [1.82, 2.24) is 10.2 Å². The number of likely N-dealkylation sites (N-methyl/N-ethyl adjacent to an activating group) is 1. The van der Waals surface area contributed by atoms with Gasteiger partial charge in [-0.25, -0.2) is 0 Å². The van der Waals surface area contributed by atoms with Gasteiger partial charge < -0.3 is 10.2 Å². The van der Waals surface area contributed by atoms with Crippen LogP contribution in [0.5, 0.6) is 0 Å². The number of hydrogen-bond donors (Lipinski definition) is 1. The number of nitro benzene ring substituents is 1. The molecule has 0 bridgehead atoms. The molecule has 1 aromatic carbocycles. The Morgan fingerprint density at radius 2 is 2.14 bits per heavy atom. The van der Waals surface area contributed by atoms with Gasteiger partial charge in [-0.15, -0.1) is 0 Å². The van der Waals surface area contributed by atoms with Crippen LogP contribution in [0.2, 0.25) is 0 Å². The Morgan fingerprint density at radius 1 is 1.43 bits per heavy atom. The molecule has 1 unspecified atom stereocenters. The van der Waals surface area contributed by atoms with Gasteiger partial charge in [0.25, 0.3) is 5.69 Å². The average Bonchev–Trinajstić information content (AvgIpc) is 2.53. The summed E-state index contributed by atoms with van der Waals surface area (Å²) in [5.41, 5.74) is 0.822. The Labute approximate surface area is 123 Å². The highest BCUT2D eigenvalue weighted by Crippen LogP contribution is 2.14. The van der Waals surface area contributed by atoms with Crippen LogP contribution in [-0.2, 0) is 4.79 Å². The molecule has 1 fully saturated rings. The van der Waals surface area contributed by atoms with Gasteiger partial charge in [0.2, 0.25) is 5.91 Å². The first-order valence-corrected chi connectivity index (χ1v) is 6.99. The van der Waals surface area contributed by atoms with E-state index in [0.717, 1.165) is 31.5 Å². The molecule has 1 saturated heterocycles. The van der Waals surface area contributed by atoms with E-state index in [1.165, 1.54) is 18.2 Å². The minimum atomic E-state index is -0.440. The van der Waals surface area contributed by atoms with Crippen molar-refractivity contribution in [3.05, 3.63) is 46.0 Å². The number of piperidine rings is 1. The summed E-state index contributed by atoms with van der Waals surface area (Å²) in [6, 6.07) is 6.49. The smallest absolute Gasteiger partial charge is 0.269 e. The van der Waals surface area contributed by atoms with E-state index in [1.807, 2.05) is 11.9 Å². The Kier molecular flexibility index (Phi) is 5.05. The molecule has 21 heavy (non-hydrogen) atoms. The van der Waals surface area contributed by atoms with Gasteiger partial charge in [0.1, 0.15) is 0 Å². The number of nitrogens with one attached hydrogen (secondary N) is 1. The zero-order valence-electron chi connectivity index (χ0n) is 12.0. The highest BCUT2D eigenvalue weighted by Gasteiger charge is 2.20. The quantitative estimate of drug-likeness (QED) is 0.521. The molecule has 1 atom stereocenters. The second-order valence-electron chi connectivity index (χ2n) is 5.09. The highest BCUT2D eigenvalue weighted by atomic mass is 16.6. The zero-order valence-corrected chi connectivity index (χ0v) is 12.0. The van der Waals surface area contributed by atoms with Crippen LogP contribution in [0.25, 0.3) is 6.08 Å². The van der Waals surface area contributed by atoms with Gasteiger partial charge in [-0.1, -0.05) is 0 Å². The second-order valence-corrected chi connectivity index (χ2v) is 5.09. The number of carbonyl (C=O) groups is 1. The number of nitrogens with zero attached hydrogens (tertiary/aromatic N) is 2. The van der Waals surface area contributed by atoms with Crippen molar-refractivity contribution in [2.24, 2.45) is 0 Å². The van der Waals surface area contributed by atoms with E-state index in [2.05, 4.69) is 5.32 Å². The van der Waals surface area contributed by atoms with Crippen molar-refractivity contribution >= 4 is 17.7 Å². The van der Waals surface area contributed by atoms with Gasteiger partial charge in [0.15, 0.2) is 0 Å². The van der Waals surface area contributed by atoms with Crippen molar-refractivity contribution in [2.45, 2.75) is 18.9 Å². The Balaban J connectivity index is 1.96. The molecule has 2 rings (SSSR count). The van der Waals surface area contributed by atoms with Gasteiger partial charge in [0.05, 0.1) is 4.92 Å². The van der Waals surface area contributed by atoms with Crippen LogP contribution in [0.3, 0.4) is 0 Å². The fourth-order valence-corrected chi connectivity index (χ4v) is 2.39. The van der Waals surface area contributed by atoms with E-state index in [1.54, 1.807) is 18.2 Å². The van der Waals surface area contributed by atoms with Crippen LogP contribution in [0.1, 0.15) is 18.4 Å². The van der Waals surface area contributed by atoms with Gasteiger partial charge in [-0.05, 0) is 43.7 Å². The molecule has 0 aromatic heterocycles. The molecule has 1 heterocycles. The number of likely N-dealkylation sites (tertiary alicyclic amines) is 1. The fourth-order valence-electron chi connectivity index (χ4n) is 2.39. The molecule has 0 saturated carbocycles. The molecule has 1 N–H and O–H groups in total. The Bertz CT molecular complexity index is 540. The average molecular weight is 289 g/mol. The lowest BCUT2D eigenvalue weighted by atomic mass is 10.1. The summed E-state index contributed by atoms with van der Waals surface area (Å²) in [4.78, 5) is 24.1. The van der Waals surface area contributed by atoms with Gasteiger partial charge >= 0.3 is 0 Å². The van der Waals surface area contributed by atoms with Crippen LogP contribution in [0, 0.1) is 10.1 Å².